The number of hydrogen-bond donors (Lipinski definition) is 1. The van der Waals surface area contributed by atoms with Crippen LogP contribution in [-0.2, 0) is 4.74 Å². The number of furan rings is 1. The Bertz CT molecular complexity index is 586. The normalized spacial score (nSPS) is 10.2. The van der Waals surface area contributed by atoms with Crippen LogP contribution in [0.4, 0.5) is 5.00 Å². The Morgan fingerprint density at radius 2 is 2.26 bits per heavy atom. The van der Waals surface area contributed by atoms with Gasteiger partial charge in [-0.25, -0.2) is 4.79 Å². The molecule has 1 amide bonds. The number of aryl methyl sites for hydroxylation is 1. The lowest BCUT2D eigenvalue weighted by molar-refractivity contribution is 0.0531. The monoisotopic (exact) mass is 279 g/mol. The van der Waals surface area contributed by atoms with Crippen LogP contribution >= 0.6 is 11.3 Å². The van der Waals surface area contributed by atoms with Crippen molar-refractivity contribution in [3.8, 4) is 0 Å². The average molecular weight is 279 g/mol. The van der Waals surface area contributed by atoms with Crippen molar-refractivity contribution in [2.75, 3.05) is 11.9 Å². The molecule has 2 aromatic heterocycles. The number of ether oxygens (including phenoxy) is 1. The quantitative estimate of drug-likeness (QED) is 0.873. The van der Waals surface area contributed by atoms with Gasteiger partial charge in [-0.15, -0.1) is 11.3 Å². The molecule has 0 saturated heterocycles. The number of rotatable bonds is 4. The summed E-state index contributed by atoms with van der Waals surface area (Å²) < 4.78 is 9.93. The minimum Gasteiger partial charge on any atom is -0.462 e. The number of hydrogen-bond acceptors (Lipinski definition) is 5. The van der Waals surface area contributed by atoms with Gasteiger partial charge in [-0.2, -0.15) is 0 Å². The van der Waals surface area contributed by atoms with E-state index in [0.717, 1.165) is 5.56 Å². The lowest BCUT2D eigenvalue weighted by atomic mass is 10.3. The van der Waals surface area contributed by atoms with Crippen LogP contribution in [0.1, 0.15) is 32.7 Å². The molecule has 1 N–H and O–H groups in total. The molecule has 0 aliphatic rings. The molecule has 100 valence electrons. The summed E-state index contributed by atoms with van der Waals surface area (Å²) in [6.07, 6.45) is 1.43. The van der Waals surface area contributed by atoms with E-state index in [1.807, 2.05) is 0 Å². The van der Waals surface area contributed by atoms with Crippen LogP contribution in [0.15, 0.2) is 28.9 Å². The Kier molecular flexibility index (Phi) is 4.01. The van der Waals surface area contributed by atoms with Crippen LogP contribution < -0.4 is 5.32 Å². The van der Waals surface area contributed by atoms with Crippen LogP contribution in [0.5, 0.6) is 0 Å². The highest BCUT2D eigenvalue weighted by molar-refractivity contribution is 7.18. The summed E-state index contributed by atoms with van der Waals surface area (Å²) in [5.41, 5.74) is 0.776. The first-order valence-electron chi connectivity index (χ1n) is 5.74. The highest BCUT2D eigenvalue weighted by atomic mass is 32.1. The topological polar surface area (TPSA) is 68.5 Å². The zero-order valence-corrected chi connectivity index (χ0v) is 11.4. The van der Waals surface area contributed by atoms with Gasteiger partial charge < -0.3 is 14.5 Å². The Morgan fingerprint density at radius 3 is 2.89 bits per heavy atom. The van der Waals surface area contributed by atoms with Gasteiger partial charge in [-0.3, -0.25) is 4.79 Å². The van der Waals surface area contributed by atoms with Gasteiger partial charge in [0.15, 0.2) is 5.76 Å². The predicted octanol–water partition coefficient (Wildman–Crippen LogP) is 3.08. The number of amides is 1. The Labute approximate surface area is 114 Å². The van der Waals surface area contributed by atoms with E-state index in [9.17, 15) is 9.59 Å². The van der Waals surface area contributed by atoms with Crippen LogP contribution in [0.25, 0.3) is 0 Å². The summed E-state index contributed by atoms with van der Waals surface area (Å²) in [5, 5.41) is 3.27. The first-order valence-corrected chi connectivity index (χ1v) is 6.56. The summed E-state index contributed by atoms with van der Waals surface area (Å²) in [4.78, 5) is 23.9. The first kappa shape index (κ1) is 13.4. The third-order valence-electron chi connectivity index (χ3n) is 2.36. The van der Waals surface area contributed by atoms with Crippen molar-refractivity contribution >= 4 is 28.2 Å². The van der Waals surface area contributed by atoms with Gasteiger partial charge in [0.05, 0.1) is 17.9 Å². The molecule has 0 unspecified atom stereocenters. The molecule has 0 atom stereocenters. The summed E-state index contributed by atoms with van der Waals surface area (Å²) in [7, 11) is 0. The second-order valence-electron chi connectivity index (χ2n) is 3.77. The number of esters is 1. The molecule has 0 bridgehead atoms. The van der Waals surface area contributed by atoms with Crippen LogP contribution in [0, 0.1) is 6.92 Å². The maximum absolute atomic E-state index is 11.8. The van der Waals surface area contributed by atoms with Crippen molar-refractivity contribution in [3.05, 3.63) is 40.7 Å². The molecule has 6 heteroatoms. The third kappa shape index (κ3) is 3.03. The average Bonchev–Trinajstić information content (AvgIpc) is 2.99. The molecule has 0 aliphatic heterocycles. The molecule has 0 spiro atoms. The van der Waals surface area contributed by atoms with E-state index >= 15 is 0 Å². The lowest BCUT2D eigenvalue weighted by Crippen LogP contribution is -2.09. The molecule has 2 heterocycles. The molecule has 19 heavy (non-hydrogen) atoms. The summed E-state index contributed by atoms with van der Waals surface area (Å²) in [5.74, 6) is -0.492. The maximum Gasteiger partial charge on any atom is 0.348 e. The van der Waals surface area contributed by atoms with E-state index in [1.54, 1.807) is 32.0 Å². The standard InChI is InChI=1S/C13H13NO4S/c1-3-17-13(16)11-8(2)7-10(19-11)14-12(15)9-5-4-6-18-9/h4-7H,3H2,1-2H3,(H,14,15). The number of anilines is 1. The van der Waals surface area contributed by atoms with Crippen molar-refractivity contribution < 1.29 is 18.7 Å². The van der Waals surface area contributed by atoms with Gasteiger partial charge in [-0.1, -0.05) is 0 Å². The molecule has 2 aromatic rings. The van der Waals surface area contributed by atoms with Gasteiger partial charge in [0.1, 0.15) is 4.88 Å². The fourth-order valence-corrected chi connectivity index (χ4v) is 2.49. The van der Waals surface area contributed by atoms with Gasteiger partial charge in [0.25, 0.3) is 5.91 Å². The minimum absolute atomic E-state index is 0.226. The smallest absolute Gasteiger partial charge is 0.348 e. The van der Waals surface area contributed by atoms with E-state index in [-0.39, 0.29) is 17.6 Å². The SMILES string of the molecule is CCOC(=O)c1sc(NC(=O)c2ccco2)cc1C. The Morgan fingerprint density at radius 1 is 1.47 bits per heavy atom. The summed E-state index contributed by atoms with van der Waals surface area (Å²) in [6.45, 7) is 3.87. The van der Waals surface area contributed by atoms with E-state index in [2.05, 4.69) is 5.32 Å². The van der Waals surface area contributed by atoms with Gasteiger partial charge >= 0.3 is 5.97 Å². The molecule has 0 radical (unpaired) electrons. The van der Waals surface area contributed by atoms with Crippen LogP contribution in [0.2, 0.25) is 0 Å². The van der Waals surface area contributed by atoms with E-state index in [1.165, 1.54) is 17.6 Å². The Balaban J connectivity index is 2.12. The van der Waals surface area contributed by atoms with Gasteiger partial charge in [-0.05, 0) is 37.6 Å². The molecule has 0 aromatic carbocycles. The van der Waals surface area contributed by atoms with Crippen molar-refractivity contribution in [2.45, 2.75) is 13.8 Å². The van der Waals surface area contributed by atoms with Crippen molar-refractivity contribution in [3.63, 3.8) is 0 Å². The largest absolute Gasteiger partial charge is 0.462 e. The molecular formula is C13H13NO4S. The number of carbonyl (C=O) groups is 2. The first-order chi connectivity index (χ1) is 9.11. The van der Waals surface area contributed by atoms with E-state index < -0.39 is 0 Å². The fourth-order valence-electron chi connectivity index (χ4n) is 1.52. The second kappa shape index (κ2) is 5.71. The predicted molar refractivity (Wildman–Crippen MR) is 71.7 cm³/mol. The molecular weight excluding hydrogens is 266 g/mol. The highest BCUT2D eigenvalue weighted by Gasteiger charge is 2.17. The fraction of sp³-hybridized carbons (Fsp3) is 0.231. The van der Waals surface area contributed by atoms with Crippen molar-refractivity contribution in [2.24, 2.45) is 0 Å². The molecule has 0 aliphatic carbocycles. The minimum atomic E-state index is -0.372. The lowest BCUT2D eigenvalue weighted by Gasteiger charge is -1.99. The molecule has 0 saturated carbocycles. The van der Waals surface area contributed by atoms with Gasteiger partial charge in [0, 0.05) is 0 Å². The Hall–Kier alpha value is -2.08. The highest BCUT2D eigenvalue weighted by Crippen LogP contribution is 2.27. The third-order valence-corrected chi connectivity index (χ3v) is 3.49. The van der Waals surface area contributed by atoms with Crippen molar-refractivity contribution in [1.29, 1.82) is 0 Å². The van der Waals surface area contributed by atoms with Gasteiger partial charge in [0.2, 0.25) is 0 Å². The number of carbonyl (C=O) groups excluding carboxylic acids is 2. The molecule has 2 rings (SSSR count). The van der Waals surface area contributed by atoms with Crippen LogP contribution in [0.3, 0.4) is 0 Å². The zero-order chi connectivity index (χ0) is 13.8. The van der Waals surface area contributed by atoms with Crippen LogP contribution in [-0.4, -0.2) is 18.5 Å². The number of nitrogens with one attached hydrogen (secondary N) is 1. The maximum atomic E-state index is 11.8. The zero-order valence-electron chi connectivity index (χ0n) is 10.6. The molecule has 5 nitrogen and oxygen atoms in total. The molecule has 0 fully saturated rings. The second-order valence-corrected chi connectivity index (χ2v) is 4.83. The number of thiophene rings is 1. The van der Waals surface area contributed by atoms with E-state index in [4.69, 9.17) is 9.15 Å². The van der Waals surface area contributed by atoms with Crippen molar-refractivity contribution in [1.82, 2.24) is 0 Å². The summed E-state index contributed by atoms with van der Waals surface area (Å²) in [6, 6.07) is 4.94. The summed E-state index contributed by atoms with van der Waals surface area (Å²) >= 11 is 1.19. The van der Waals surface area contributed by atoms with E-state index in [0.29, 0.717) is 16.5 Å².